The minimum absolute atomic E-state index is 0.0957. The average molecular weight is 195 g/mol. The Kier molecular flexibility index (Phi) is 4.16. The lowest BCUT2D eigenvalue weighted by molar-refractivity contribution is 0.171. The fourth-order valence-electron chi connectivity index (χ4n) is 0.442. The van der Waals surface area contributed by atoms with Gasteiger partial charge >= 0.3 is 6.72 Å². The Morgan fingerprint density at radius 1 is 1.55 bits per heavy atom. The fourth-order valence-corrected chi connectivity index (χ4v) is 1.31. The highest BCUT2D eigenvalue weighted by Gasteiger charge is 2.20. The maximum Gasteiger partial charge on any atom is 0.323 e. The standard InChI is InChI=1S/C5H10NO3PS/c1-4(2)5(3-6)9-10(7,8)11/h4-5H,1-2H3,(H2,7,8,11). The zero-order valence-corrected chi connectivity index (χ0v) is 7.97. The fraction of sp³-hybridized carbons (Fsp3) is 0.800. The summed E-state index contributed by atoms with van der Waals surface area (Å²) in [6.07, 6.45) is -0.837. The summed E-state index contributed by atoms with van der Waals surface area (Å²) < 4.78 is 4.52. The van der Waals surface area contributed by atoms with Gasteiger partial charge in [-0.05, 0) is 17.7 Å². The van der Waals surface area contributed by atoms with Gasteiger partial charge in [0.2, 0.25) is 0 Å². The van der Waals surface area contributed by atoms with Gasteiger partial charge in [0.1, 0.15) is 0 Å². The van der Waals surface area contributed by atoms with Gasteiger partial charge < -0.3 is 9.79 Å². The molecule has 2 N–H and O–H groups in total. The van der Waals surface area contributed by atoms with Crippen LogP contribution in [0, 0.1) is 17.2 Å². The Morgan fingerprint density at radius 3 is 2.09 bits per heavy atom. The predicted molar refractivity (Wildman–Crippen MR) is 44.0 cm³/mol. The van der Waals surface area contributed by atoms with Crippen molar-refractivity contribution in [1.82, 2.24) is 0 Å². The second-order valence-electron chi connectivity index (χ2n) is 2.39. The summed E-state index contributed by atoms with van der Waals surface area (Å²) in [5, 5.41) is 8.43. The van der Waals surface area contributed by atoms with Crippen LogP contribution in [0.5, 0.6) is 0 Å². The van der Waals surface area contributed by atoms with E-state index in [1.807, 2.05) is 0 Å². The SMILES string of the molecule is CC(C)C(C#N)OP(O)(O)=S. The summed E-state index contributed by atoms with van der Waals surface area (Å²) >= 11 is 4.20. The quantitative estimate of drug-likeness (QED) is 0.650. The van der Waals surface area contributed by atoms with Gasteiger partial charge in [-0.25, -0.2) is 0 Å². The Bertz CT molecular complexity index is 206. The van der Waals surface area contributed by atoms with Gasteiger partial charge in [0.15, 0.2) is 6.10 Å². The molecule has 0 aromatic rings. The van der Waals surface area contributed by atoms with Gasteiger partial charge in [-0.15, -0.1) is 0 Å². The first-order chi connectivity index (χ1) is 4.87. The van der Waals surface area contributed by atoms with Crippen LogP contribution in [0.3, 0.4) is 0 Å². The summed E-state index contributed by atoms with van der Waals surface area (Å²) in [4.78, 5) is 17.4. The first-order valence-electron chi connectivity index (χ1n) is 3.00. The summed E-state index contributed by atoms with van der Waals surface area (Å²) in [7, 11) is 0. The molecule has 0 bridgehead atoms. The smallest absolute Gasteiger partial charge is 0.323 e. The van der Waals surface area contributed by atoms with E-state index in [0.717, 1.165) is 0 Å². The zero-order valence-electron chi connectivity index (χ0n) is 6.26. The van der Waals surface area contributed by atoms with E-state index in [-0.39, 0.29) is 5.92 Å². The van der Waals surface area contributed by atoms with Crippen molar-refractivity contribution < 1.29 is 14.3 Å². The molecule has 0 saturated heterocycles. The van der Waals surface area contributed by atoms with Crippen LogP contribution in [0.2, 0.25) is 0 Å². The third kappa shape index (κ3) is 5.31. The number of nitriles is 1. The highest BCUT2D eigenvalue weighted by Crippen LogP contribution is 2.39. The lowest BCUT2D eigenvalue weighted by Gasteiger charge is -2.16. The first-order valence-corrected chi connectivity index (χ1v) is 5.63. The van der Waals surface area contributed by atoms with Crippen molar-refractivity contribution in [3.8, 4) is 6.07 Å². The van der Waals surface area contributed by atoms with Gasteiger partial charge in [0.25, 0.3) is 0 Å². The first kappa shape index (κ1) is 11.0. The van der Waals surface area contributed by atoms with Crippen molar-refractivity contribution in [1.29, 1.82) is 5.26 Å². The molecule has 64 valence electrons. The Labute approximate surface area is 70.7 Å². The van der Waals surface area contributed by atoms with Crippen LogP contribution < -0.4 is 0 Å². The van der Waals surface area contributed by atoms with Crippen LogP contribution in [-0.2, 0) is 16.3 Å². The molecule has 1 unspecified atom stereocenters. The largest absolute Gasteiger partial charge is 0.324 e. The van der Waals surface area contributed by atoms with E-state index >= 15 is 0 Å². The third-order valence-electron chi connectivity index (χ3n) is 0.984. The van der Waals surface area contributed by atoms with Gasteiger partial charge in [-0.2, -0.15) is 5.26 Å². The van der Waals surface area contributed by atoms with E-state index in [1.54, 1.807) is 19.9 Å². The molecule has 0 amide bonds. The highest BCUT2D eigenvalue weighted by molar-refractivity contribution is 8.06. The summed E-state index contributed by atoms with van der Waals surface area (Å²) in [5.41, 5.74) is 0. The van der Waals surface area contributed by atoms with Crippen molar-refractivity contribution in [2.75, 3.05) is 0 Å². The number of nitrogens with zero attached hydrogens (tertiary/aromatic N) is 1. The maximum atomic E-state index is 8.68. The average Bonchev–Trinajstić information content (AvgIpc) is 1.80. The maximum absolute atomic E-state index is 8.68. The van der Waals surface area contributed by atoms with Crippen LogP contribution >= 0.6 is 6.72 Å². The van der Waals surface area contributed by atoms with Crippen LogP contribution in [0.4, 0.5) is 0 Å². The minimum Gasteiger partial charge on any atom is -0.324 e. The normalized spacial score (nSPS) is 14.5. The van der Waals surface area contributed by atoms with Gasteiger partial charge in [0.05, 0.1) is 6.07 Å². The molecule has 0 saturated carbocycles. The van der Waals surface area contributed by atoms with Gasteiger partial charge in [-0.3, -0.25) is 4.52 Å². The molecule has 0 spiro atoms. The summed E-state index contributed by atoms with van der Waals surface area (Å²) in [6.45, 7) is -0.211. The molecule has 0 fully saturated rings. The number of hydrogen-bond donors (Lipinski definition) is 2. The number of rotatable bonds is 3. The second-order valence-corrected chi connectivity index (χ2v) is 5.01. The predicted octanol–water partition coefficient (Wildman–Crippen LogP) is 0.760. The van der Waals surface area contributed by atoms with Crippen molar-refractivity contribution >= 4 is 18.5 Å². The van der Waals surface area contributed by atoms with Crippen molar-refractivity contribution in [3.05, 3.63) is 0 Å². The van der Waals surface area contributed by atoms with Crippen molar-refractivity contribution in [2.45, 2.75) is 20.0 Å². The molecule has 0 aliphatic rings. The molecule has 0 aliphatic carbocycles. The van der Waals surface area contributed by atoms with Crippen LogP contribution in [0.15, 0.2) is 0 Å². The Hall–Kier alpha value is 0.0200. The van der Waals surface area contributed by atoms with Crippen molar-refractivity contribution in [3.63, 3.8) is 0 Å². The lowest BCUT2D eigenvalue weighted by atomic mass is 10.1. The molecule has 0 rings (SSSR count). The van der Waals surface area contributed by atoms with E-state index in [4.69, 9.17) is 15.0 Å². The van der Waals surface area contributed by atoms with Crippen LogP contribution in [-0.4, -0.2) is 15.9 Å². The molecule has 6 heteroatoms. The molecule has 11 heavy (non-hydrogen) atoms. The Balaban J connectivity index is 4.14. The van der Waals surface area contributed by atoms with E-state index in [2.05, 4.69) is 16.3 Å². The molecule has 0 heterocycles. The summed E-state index contributed by atoms with van der Waals surface area (Å²) in [5.74, 6) is -0.0957. The van der Waals surface area contributed by atoms with E-state index in [0.29, 0.717) is 0 Å². The molecule has 0 radical (unpaired) electrons. The van der Waals surface area contributed by atoms with Crippen molar-refractivity contribution in [2.24, 2.45) is 5.92 Å². The highest BCUT2D eigenvalue weighted by atomic mass is 32.5. The van der Waals surface area contributed by atoms with Gasteiger partial charge in [0, 0.05) is 0 Å². The van der Waals surface area contributed by atoms with Gasteiger partial charge in [-0.1, -0.05) is 13.8 Å². The van der Waals surface area contributed by atoms with E-state index < -0.39 is 12.8 Å². The van der Waals surface area contributed by atoms with E-state index in [1.165, 1.54) is 0 Å². The lowest BCUT2D eigenvalue weighted by Crippen LogP contribution is -2.15. The molecule has 0 aliphatic heterocycles. The second kappa shape index (κ2) is 4.15. The molecule has 0 aromatic heterocycles. The molecule has 1 atom stereocenters. The third-order valence-corrected chi connectivity index (χ3v) is 1.74. The van der Waals surface area contributed by atoms with Crippen LogP contribution in [0.25, 0.3) is 0 Å². The van der Waals surface area contributed by atoms with Crippen LogP contribution in [0.1, 0.15) is 13.8 Å². The topological polar surface area (TPSA) is 73.5 Å². The minimum atomic E-state index is -3.68. The molecular formula is C5H10NO3PS. The van der Waals surface area contributed by atoms with E-state index in [9.17, 15) is 0 Å². The number of hydrogen-bond acceptors (Lipinski definition) is 3. The monoisotopic (exact) mass is 195 g/mol. The summed E-state index contributed by atoms with van der Waals surface area (Å²) in [6, 6.07) is 1.78. The zero-order chi connectivity index (χ0) is 9.07. The molecule has 4 nitrogen and oxygen atoms in total. The molecule has 0 aromatic carbocycles. The Morgan fingerprint density at radius 2 is 2.00 bits per heavy atom. The molecular weight excluding hydrogens is 185 g/mol.